The first-order chi connectivity index (χ1) is 7.67. The van der Waals surface area contributed by atoms with Gasteiger partial charge in [-0.3, -0.25) is 0 Å². The maximum absolute atomic E-state index is 9.07. The minimum Gasteiger partial charge on any atom is -0.491 e. The first kappa shape index (κ1) is 12.5. The predicted molar refractivity (Wildman–Crippen MR) is 59.0 cm³/mol. The van der Waals surface area contributed by atoms with Crippen LogP contribution in [0.2, 0.25) is 0 Å². The fourth-order valence-corrected chi connectivity index (χ4v) is 1.10. The largest absolute Gasteiger partial charge is 0.491 e. The van der Waals surface area contributed by atoms with Gasteiger partial charge in [0.1, 0.15) is 18.5 Å². The van der Waals surface area contributed by atoms with Crippen molar-refractivity contribution in [2.45, 2.75) is 13.0 Å². The van der Waals surface area contributed by atoms with Gasteiger partial charge in [-0.2, -0.15) is 0 Å². The summed E-state index contributed by atoms with van der Waals surface area (Å²) >= 11 is 0. The molecule has 0 aliphatic heterocycles. The summed E-state index contributed by atoms with van der Waals surface area (Å²) < 4.78 is 5.21. The molecule has 5 nitrogen and oxygen atoms in total. The predicted octanol–water partition coefficient (Wildman–Crippen LogP) is 0.617. The number of oxime groups is 1. The van der Waals surface area contributed by atoms with E-state index in [1.54, 1.807) is 31.2 Å². The molecule has 0 heterocycles. The third-order valence-electron chi connectivity index (χ3n) is 2.08. The van der Waals surface area contributed by atoms with Gasteiger partial charge in [0.15, 0.2) is 0 Å². The summed E-state index contributed by atoms with van der Waals surface area (Å²) in [6.07, 6.45) is -0.875. The van der Waals surface area contributed by atoms with Gasteiger partial charge in [0.25, 0.3) is 0 Å². The Morgan fingerprint density at radius 1 is 1.38 bits per heavy atom. The fraction of sp³-hybridized carbons (Fsp3) is 0.364. The van der Waals surface area contributed by atoms with Crippen LogP contribution in [-0.2, 0) is 0 Å². The first-order valence-corrected chi connectivity index (χ1v) is 4.88. The summed E-state index contributed by atoms with van der Waals surface area (Å²) in [6, 6.07) is 6.90. The summed E-state index contributed by atoms with van der Waals surface area (Å²) in [5.41, 5.74) is 1.31. The Hall–Kier alpha value is -1.59. The molecule has 0 unspecified atom stereocenters. The molecule has 0 fully saturated rings. The van der Waals surface area contributed by atoms with Gasteiger partial charge in [0.2, 0.25) is 0 Å². The van der Waals surface area contributed by atoms with Crippen LogP contribution in [0.5, 0.6) is 5.75 Å². The van der Waals surface area contributed by atoms with Crippen LogP contribution in [0.15, 0.2) is 29.4 Å². The third-order valence-corrected chi connectivity index (χ3v) is 2.08. The Morgan fingerprint density at radius 2 is 2.00 bits per heavy atom. The van der Waals surface area contributed by atoms with Crippen LogP contribution >= 0.6 is 0 Å². The van der Waals surface area contributed by atoms with E-state index in [1.165, 1.54) is 0 Å². The molecule has 0 saturated carbocycles. The van der Waals surface area contributed by atoms with Gasteiger partial charge in [-0.15, -0.1) is 0 Å². The summed E-state index contributed by atoms with van der Waals surface area (Å²) in [5.74, 6) is 0.585. The van der Waals surface area contributed by atoms with Crippen molar-refractivity contribution in [1.29, 1.82) is 0 Å². The minimum absolute atomic E-state index is 0.0446. The van der Waals surface area contributed by atoms with E-state index >= 15 is 0 Å². The van der Waals surface area contributed by atoms with Gasteiger partial charge >= 0.3 is 0 Å². The Bertz CT molecular complexity index is 348. The molecular formula is C11H15NO4. The van der Waals surface area contributed by atoms with E-state index in [-0.39, 0.29) is 13.2 Å². The lowest BCUT2D eigenvalue weighted by molar-refractivity contribution is 0.0536. The van der Waals surface area contributed by atoms with E-state index in [0.717, 1.165) is 5.56 Å². The van der Waals surface area contributed by atoms with Crippen molar-refractivity contribution in [3.63, 3.8) is 0 Å². The number of aliphatic hydroxyl groups is 2. The lowest BCUT2D eigenvalue weighted by Crippen LogP contribution is -2.21. The lowest BCUT2D eigenvalue weighted by atomic mass is 10.1. The normalized spacial score (nSPS) is 13.6. The zero-order chi connectivity index (χ0) is 12.0. The molecule has 0 aliphatic rings. The van der Waals surface area contributed by atoms with Gasteiger partial charge in [-0.1, -0.05) is 5.16 Å². The monoisotopic (exact) mass is 225 g/mol. The zero-order valence-corrected chi connectivity index (χ0v) is 9.00. The Morgan fingerprint density at radius 3 is 2.50 bits per heavy atom. The molecule has 0 aromatic heterocycles. The SMILES string of the molecule is C/C(=N/O)c1ccc(OC[C@H](O)CO)cc1. The van der Waals surface area contributed by atoms with Gasteiger partial charge in [0.05, 0.1) is 12.3 Å². The highest BCUT2D eigenvalue weighted by Crippen LogP contribution is 2.13. The van der Waals surface area contributed by atoms with E-state index in [4.69, 9.17) is 20.2 Å². The molecule has 0 bridgehead atoms. The first-order valence-electron chi connectivity index (χ1n) is 4.88. The highest BCUT2D eigenvalue weighted by Gasteiger charge is 2.03. The Labute approximate surface area is 93.6 Å². The van der Waals surface area contributed by atoms with Crippen LogP contribution in [0, 0.1) is 0 Å². The highest BCUT2D eigenvalue weighted by atomic mass is 16.5. The lowest BCUT2D eigenvalue weighted by Gasteiger charge is -2.09. The summed E-state index contributed by atoms with van der Waals surface area (Å²) in [5, 5.41) is 29.3. The molecule has 0 amide bonds. The molecule has 1 atom stereocenters. The number of hydrogen-bond acceptors (Lipinski definition) is 5. The molecular weight excluding hydrogens is 210 g/mol. The van der Waals surface area contributed by atoms with Gasteiger partial charge in [-0.25, -0.2) is 0 Å². The average molecular weight is 225 g/mol. The van der Waals surface area contributed by atoms with Gasteiger partial charge in [-0.05, 0) is 36.8 Å². The van der Waals surface area contributed by atoms with Crippen molar-refractivity contribution in [3.05, 3.63) is 29.8 Å². The van der Waals surface area contributed by atoms with E-state index in [0.29, 0.717) is 11.5 Å². The van der Waals surface area contributed by atoms with Gasteiger partial charge < -0.3 is 20.2 Å². The number of rotatable bonds is 5. The molecule has 0 radical (unpaired) electrons. The number of ether oxygens (including phenoxy) is 1. The van der Waals surface area contributed by atoms with Crippen molar-refractivity contribution in [2.24, 2.45) is 5.16 Å². The van der Waals surface area contributed by atoms with Crippen molar-refractivity contribution in [1.82, 2.24) is 0 Å². The van der Waals surface area contributed by atoms with Crippen LogP contribution in [0.4, 0.5) is 0 Å². The second-order valence-electron chi connectivity index (χ2n) is 3.36. The van der Waals surface area contributed by atoms with E-state index < -0.39 is 6.10 Å². The molecule has 0 aliphatic carbocycles. The fourth-order valence-electron chi connectivity index (χ4n) is 1.10. The summed E-state index contributed by atoms with van der Waals surface area (Å²) in [6.45, 7) is 1.41. The molecule has 1 aromatic carbocycles. The quantitative estimate of drug-likeness (QED) is 0.389. The van der Waals surface area contributed by atoms with E-state index in [1.807, 2.05) is 0 Å². The molecule has 1 aromatic rings. The maximum atomic E-state index is 9.07. The second-order valence-corrected chi connectivity index (χ2v) is 3.36. The van der Waals surface area contributed by atoms with Crippen LogP contribution in [-0.4, -0.2) is 40.4 Å². The van der Waals surface area contributed by atoms with Crippen molar-refractivity contribution in [2.75, 3.05) is 13.2 Å². The highest BCUT2D eigenvalue weighted by molar-refractivity contribution is 5.98. The minimum atomic E-state index is -0.875. The van der Waals surface area contributed by atoms with Crippen LogP contribution in [0.1, 0.15) is 12.5 Å². The Balaban J connectivity index is 2.58. The van der Waals surface area contributed by atoms with Crippen LogP contribution < -0.4 is 4.74 Å². The molecule has 16 heavy (non-hydrogen) atoms. The standard InChI is InChI=1S/C11H15NO4/c1-8(12-15)9-2-4-11(5-3-9)16-7-10(14)6-13/h2-5,10,13-15H,6-7H2,1H3/b12-8-/t10-/m1/s1. The smallest absolute Gasteiger partial charge is 0.119 e. The molecule has 5 heteroatoms. The molecule has 0 saturated heterocycles. The van der Waals surface area contributed by atoms with Crippen molar-refractivity contribution in [3.8, 4) is 5.75 Å². The number of benzene rings is 1. The second kappa shape index (κ2) is 6.09. The third kappa shape index (κ3) is 3.52. The summed E-state index contributed by atoms with van der Waals surface area (Å²) in [7, 11) is 0. The molecule has 0 spiro atoms. The number of hydrogen-bond donors (Lipinski definition) is 3. The topological polar surface area (TPSA) is 82.3 Å². The van der Waals surface area contributed by atoms with E-state index in [2.05, 4.69) is 5.16 Å². The summed E-state index contributed by atoms with van der Waals surface area (Å²) in [4.78, 5) is 0. The number of aliphatic hydroxyl groups excluding tert-OH is 2. The maximum Gasteiger partial charge on any atom is 0.119 e. The van der Waals surface area contributed by atoms with Crippen molar-refractivity contribution < 1.29 is 20.2 Å². The molecule has 3 N–H and O–H groups in total. The van der Waals surface area contributed by atoms with Gasteiger partial charge in [0, 0.05) is 0 Å². The van der Waals surface area contributed by atoms with Crippen molar-refractivity contribution >= 4 is 5.71 Å². The van der Waals surface area contributed by atoms with E-state index in [9.17, 15) is 0 Å². The zero-order valence-electron chi connectivity index (χ0n) is 9.00. The van der Waals surface area contributed by atoms with Crippen LogP contribution in [0.25, 0.3) is 0 Å². The molecule has 1 rings (SSSR count). The number of nitrogens with zero attached hydrogens (tertiary/aromatic N) is 1. The average Bonchev–Trinajstić information content (AvgIpc) is 2.35. The molecule has 88 valence electrons. The Kier molecular flexibility index (Phi) is 4.75. The van der Waals surface area contributed by atoms with Crippen LogP contribution in [0.3, 0.4) is 0 Å².